The van der Waals surface area contributed by atoms with E-state index in [-0.39, 0.29) is 46.8 Å². The molecular weight excluding hydrogens is 636 g/mol. The van der Waals surface area contributed by atoms with Crippen molar-refractivity contribution in [3.63, 3.8) is 0 Å². The number of hydrogen-bond donors (Lipinski definition) is 0. The highest BCUT2D eigenvalue weighted by molar-refractivity contribution is 9.10. The van der Waals surface area contributed by atoms with E-state index in [2.05, 4.69) is 28.1 Å². The van der Waals surface area contributed by atoms with Crippen molar-refractivity contribution in [2.45, 2.75) is 6.42 Å². The van der Waals surface area contributed by atoms with E-state index in [0.29, 0.717) is 51.0 Å². The number of pyridine rings is 1. The Morgan fingerprint density at radius 3 is 2.31 bits per heavy atom. The molecule has 5 aliphatic rings. The number of anilines is 1. The van der Waals surface area contributed by atoms with Crippen LogP contribution in [0.5, 0.6) is 5.75 Å². The number of carbonyl (C=O) groups is 4. The average molecular weight is 664 g/mol. The van der Waals surface area contributed by atoms with Crippen LogP contribution in [0.2, 0.25) is 0 Å². The van der Waals surface area contributed by atoms with Crippen molar-refractivity contribution in [2.24, 2.45) is 35.5 Å². The Morgan fingerprint density at radius 2 is 1.62 bits per heavy atom. The van der Waals surface area contributed by atoms with Gasteiger partial charge < -0.3 is 9.47 Å². The van der Waals surface area contributed by atoms with Crippen LogP contribution in [0.4, 0.5) is 5.69 Å². The van der Waals surface area contributed by atoms with E-state index in [1.54, 1.807) is 66.7 Å². The van der Waals surface area contributed by atoms with Crippen molar-refractivity contribution in [3.05, 3.63) is 101 Å². The van der Waals surface area contributed by atoms with Crippen molar-refractivity contribution < 1.29 is 28.7 Å². The highest BCUT2D eigenvalue weighted by Gasteiger charge is 2.67. The molecule has 3 fully saturated rings. The maximum atomic E-state index is 13.6. The number of rotatable bonds is 7. The number of imide groups is 1. The van der Waals surface area contributed by atoms with Crippen LogP contribution >= 0.6 is 15.9 Å². The third kappa shape index (κ3) is 4.51. The first-order valence-corrected chi connectivity index (χ1v) is 15.7. The van der Waals surface area contributed by atoms with Gasteiger partial charge in [-0.05, 0) is 78.6 Å². The standard InChI is InChI=1S/C36H27BrN2O6/c1-44-22-4-2-3-19(13-22)31(40)17-45-36(43)28-16-30(38-29-12-7-20(37)14-27(28)29)18-5-8-21(9-6-18)39-34(41)32-23-10-11-24(26-15-25(23)26)33(32)35(39)42/h2-14,16,23-26,32-33H,15,17H2,1H3. The van der Waals surface area contributed by atoms with Crippen LogP contribution in [0.25, 0.3) is 22.2 Å². The molecule has 3 aromatic carbocycles. The number of amides is 2. The number of carbonyl (C=O) groups excluding carboxylic acids is 4. The number of ether oxygens (including phenoxy) is 2. The second-order valence-corrected chi connectivity index (χ2v) is 13.1. The predicted octanol–water partition coefficient (Wildman–Crippen LogP) is 6.27. The Hall–Kier alpha value is -4.63. The summed E-state index contributed by atoms with van der Waals surface area (Å²) in [6.07, 6.45) is 5.45. The largest absolute Gasteiger partial charge is 0.497 e. The van der Waals surface area contributed by atoms with Crippen LogP contribution in [0.3, 0.4) is 0 Å². The van der Waals surface area contributed by atoms with Crippen LogP contribution in [0.15, 0.2) is 89.4 Å². The zero-order chi connectivity index (χ0) is 31.0. The number of benzene rings is 3. The quantitative estimate of drug-likeness (QED) is 0.0995. The number of Topliss-reactive ketones (excluding diaryl/α,β-unsaturated/α-hetero) is 1. The Labute approximate surface area is 267 Å². The van der Waals surface area contributed by atoms with Crippen LogP contribution in [0.1, 0.15) is 27.1 Å². The van der Waals surface area contributed by atoms with Gasteiger partial charge in [-0.15, -0.1) is 0 Å². The molecule has 45 heavy (non-hydrogen) atoms. The summed E-state index contributed by atoms with van der Waals surface area (Å²) < 4.78 is 11.4. The van der Waals surface area contributed by atoms with Gasteiger partial charge in [0.2, 0.25) is 11.8 Å². The molecule has 2 saturated carbocycles. The van der Waals surface area contributed by atoms with Gasteiger partial charge in [0.25, 0.3) is 0 Å². The molecule has 2 amide bonds. The normalized spacial score (nSPS) is 25.7. The summed E-state index contributed by atoms with van der Waals surface area (Å²) in [6.45, 7) is -0.438. The smallest absolute Gasteiger partial charge is 0.339 e. The topological polar surface area (TPSA) is 103 Å². The van der Waals surface area contributed by atoms with E-state index in [4.69, 9.17) is 14.5 Å². The van der Waals surface area contributed by atoms with Gasteiger partial charge in [0.05, 0.1) is 41.4 Å². The maximum absolute atomic E-state index is 13.6. The fraction of sp³-hybridized carbons (Fsp3) is 0.250. The van der Waals surface area contributed by atoms with Crippen LogP contribution in [-0.2, 0) is 14.3 Å². The lowest BCUT2D eigenvalue weighted by Gasteiger charge is -2.37. The van der Waals surface area contributed by atoms with E-state index < -0.39 is 12.6 Å². The second kappa shape index (κ2) is 10.5. The zero-order valence-electron chi connectivity index (χ0n) is 24.2. The highest BCUT2D eigenvalue weighted by Crippen LogP contribution is 2.65. The molecule has 1 aromatic heterocycles. The Balaban J connectivity index is 1.06. The molecule has 0 spiro atoms. The molecule has 6 atom stereocenters. The first-order chi connectivity index (χ1) is 21.8. The molecule has 1 aliphatic heterocycles. The minimum Gasteiger partial charge on any atom is -0.497 e. The Kier molecular flexibility index (Phi) is 6.49. The van der Waals surface area contributed by atoms with Gasteiger partial charge >= 0.3 is 5.97 Å². The third-order valence-corrected chi connectivity index (χ3v) is 10.3. The zero-order valence-corrected chi connectivity index (χ0v) is 25.8. The summed E-state index contributed by atoms with van der Waals surface area (Å²) in [5.74, 6) is 0.190. The molecule has 0 radical (unpaired) electrons. The predicted molar refractivity (Wildman–Crippen MR) is 170 cm³/mol. The van der Waals surface area contributed by atoms with E-state index in [1.165, 1.54) is 12.0 Å². The summed E-state index contributed by atoms with van der Waals surface area (Å²) in [5, 5.41) is 0.570. The third-order valence-electron chi connectivity index (χ3n) is 9.80. The van der Waals surface area contributed by atoms with Crippen LogP contribution < -0.4 is 9.64 Å². The van der Waals surface area contributed by atoms with E-state index in [0.717, 1.165) is 10.9 Å². The lowest BCUT2D eigenvalue weighted by atomic mass is 9.63. The number of fused-ring (bicyclic) bond motifs is 1. The Morgan fingerprint density at radius 1 is 0.911 bits per heavy atom. The van der Waals surface area contributed by atoms with Gasteiger partial charge in [-0.25, -0.2) is 9.78 Å². The van der Waals surface area contributed by atoms with E-state index in [1.807, 2.05) is 6.07 Å². The minimum atomic E-state index is -0.660. The molecule has 6 unspecified atom stereocenters. The lowest BCUT2D eigenvalue weighted by molar-refractivity contribution is -0.124. The highest BCUT2D eigenvalue weighted by atomic mass is 79.9. The molecule has 2 bridgehead atoms. The summed E-state index contributed by atoms with van der Waals surface area (Å²) in [7, 11) is 1.52. The first kappa shape index (κ1) is 27.9. The number of nitrogens with zero attached hydrogens (tertiary/aromatic N) is 2. The SMILES string of the molecule is COc1cccc(C(=O)COC(=O)c2cc(-c3ccc(N4C(=O)C5C6C=CC(C7CC67)C5C4=O)cc3)nc3ccc(Br)cc23)c1. The Bertz CT molecular complexity index is 1930. The number of methoxy groups -OCH3 is 1. The molecular formula is C36H27BrN2O6. The molecule has 2 heterocycles. The van der Waals surface area contributed by atoms with E-state index in [9.17, 15) is 19.2 Å². The number of aromatic nitrogens is 1. The molecule has 224 valence electrons. The molecule has 0 N–H and O–H groups in total. The van der Waals surface area contributed by atoms with Crippen molar-refractivity contribution in [2.75, 3.05) is 18.6 Å². The van der Waals surface area contributed by atoms with Gasteiger partial charge in [0.1, 0.15) is 5.75 Å². The fourth-order valence-corrected chi connectivity index (χ4v) is 7.96. The summed E-state index contributed by atoms with van der Waals surface area (Å²) in [4.78, 5) is 59.4. The van der Waals surface area contributed by atoms with Crippen LogP contribution in [-0.4, -0.2) is 42.3 Å². The minimum absolute atomic E-state index is 0.106. The van der Waals surface area contributed by atoms with Gasteiger partial charge in [-0.3, -0.25) is 19.3 Å². The average Bonchev–Trinajstić information content (AvgIpc) is 3.85. The van der Waals surface area contributed by atoms with E-state index >= 15 is 0 Å². The first-order valence-electron chi connectivity index (χ1n) is 14.9. The van der Waals surface area contributed by atoms with Gasteiger partial charge in [-0.2, -0.15) is 0 Å². The number of esters is 1. The van der Waals surface area contributed by atoms with Crippen molar-refractivity contribution in [1.29, 1.82) is 0 Å². The van der Waals surface area contributed by atoms with Crippen molar-refractivity contribution in [3.8, 4) is 17.0 Å². The maximum Gasteiger partial charge on any atom is 0.339 e. The summed E-state index contributed by atoms with van der Waals surface area (Å²) >= 11 is 3.47. The van der Waals surface area contributed by atoms with Crippen molar-refractivity contribution in [1.82, 2.24) is 4.98 Å². The second-order valence-electron chi connectivity index (χ2n) is 12.2. The molecule has 9 heteroatoms. The molecule has 4 aromatic rings. The molecule has 8 nitrogen and oxygen atoms in total. The van der Waals surface area contributed by atoms with Gasteiger partial charge in [0, 0.05) is 21.0 Å². The number of ketones is 1. The van der Waals surface area contributed by atoms with Gasteiger partial charge in [0.15, 0.2) is 12.4 Å². The van der Waals surface area contributed by atoms with Gasteiger partial charge in [-0.1, -0.05) is 52.3 Å². The van der Waals surface area contributed by atoms with Crippen LogP contribution in [0, 0.1) is 35.5 Å². The number of allylic oxidation sites excluding steroid dienone is 2. The number of hydrogen-bond acceptors (Lipinski definition) is 7. The molecule has 1 saturated heterocycles. The molecule has 9 rings (SSSR count). The fourth-order valence-electron chi connectivity index (χ4n) is 7.60. The lowest BCUT2D eigenvalue weighted by Crippen LogP contribution is -2.40. The van der Waals surface area contributed by atoms with Crippen molar-refractivity contribution >= 4 is 56.1 Å². The number of halogens is 1. The summed E-state index contributed by atoms with van der Waals surface area (Å²) in [6, 6.07) is 20.8. The summed E-state index contributed by atoms with van der Waals surface area (Å²) in [5.41, 5.74) is 2.95. The molecule has 4 aliphatic carbocycles. The monoisotopic (exact) mass is 662 g/mol.